The third-order valence-electron chi connectivity index (χ3n) is 3.54. The van der Waals surface area contributed by atoms with Gasteiger partial charge in [0.25, 0.3) is 0 Å². The number of nitrogens with two attached hydrogens (primary N) is 1. The van der Waals surface area contributed by atoms with Crippen LogP contribution in [0.15, 0.2) is 53.7 Å². The fraction of sp³-hybridized carbons (Fsp3) is 0.176. The fourth-order valence-corrected chi connectivity index (χ4v) is 3.04. The van der Waals surface area contributed by atoms with Crippen LogP contribution >= 0.6 is 11.8 Å². The van der Waals surface area contributed by atoms with Gasteiger partial charge in [0, 0.05) is 5.25 Å². The SMILES string of the molecule is CC(Sc1nnc(COc2ccc(F)cc2)n1N)c1ccc(F)cc1. The Morgan fingerprint density at radius 1 is 1.04 bits per heavy atom. The molecule has 25 heavy (non-hydrogen) atoms. The summed E-state index contributed by atoms with van der Waals surface area (Å²) in [6, 6.07) is 12.0. The molecule has 0 spiro atoms. The van der Waals surface area contributed by atoms with Crippen LogP contribution in [0.5, 0.6) is 5.75 Å². The predicted octanol–water partition coefficient (Wildman–Crippen LogP) is 3.70. The summed E-state index contributed by atoms with van der Waals surface area (Å²) in [5.74, 6) is 6.36. The van der Waals surface area contributed by atoms with Crippen molar-refractivity contribution in [2.24, 2.45) is 0 Å². The quantitative estimate of drug-likeness (QED) is 0.535. The summed E-state index contributed by atoms with van der Waals surface area (Å²) in [4.78, 5) is 0. The number of rotatable bonds is 6. The monoisotopic (exact) mass is 362 g/mol. The number of aromatic nitrogens is 3. The lowest BCUT2D eigenvalue weighted by Crippen LogP contribution is -2.16. The molecule has 1 unspecified atom stereocenters. The van der Waals surface area contributed by atoms with Crippen molar-refractivity contribution >= 4 is 11.8 Å². The molecule has 0 aliphatic rings. The molecule has 3 rings (SSSR count). The maximum Gasteiger partial charge on any atom is 0.210 e. The Morgan fingerprint density at radius 3 is 2.28 bits per heavy atom. The number of halogens is 2. The molecule has 2 aromatic carbocycles. The van der Waals surface area contributed by atoms with Gasteiger partial charge in [-0.05, 0) is 48.9 Å². The lowest BCUT2D eigenvalue weighted by Gasteiger charge is -2.11. The van der Waals surface area contributed by atoms with E-state index in [4.69, 9.17) is 10.6 Å². The van der Waals surface area contributed by atoms with Crippen molar-refractivity contribution in [2.75, 3.05) is 5.84 Å². The van der Waals surface area contributed by atoms with Gasteiger partial charge in [0.2, 0.25) is 5.16 Å². The van der Waals surface area contributed by atoms with Crippen LogP contribution in [0.1, 0.15) is 23.6 Å². The summed E-state index contributed by atoms with van der Waals surface area (Å²) >= 11 is 1.41. The maximum atomic E-state index is 13.0. The summed E-state index contributed by atoms with van der Waals surface area (Å²) in [5, 5.41) is 8.63. The van der Waals surface area contributed by atoms with Crippen LogP contribution in [0, 0.1) is 11.6 Å². The van der Waals surface area contributed by atoms with Gasteiger partial charge < -0.3 is 10.6 Å². The molecule has 0 aliphatic carbocycles. The third kappa shape index (κ3) is 4.27. The highest BCUT2D eigenvalue weighted by atomic mass is 32.2. The van der Waals surface area contributed by atoms with E-state index in [-0.39, 0.29) is 23.5 Å². The molecular weight excluding hydrogens is 346 g/mol. The van der Waals surface area contributed by atoms with Crippen molar-refractivity contribution in [3.63, 3.8) is 0 Å². The summed E-state index contributed by atoms with van der Waals surface area (Å²) in [6.07, 6.45) is 0. The molecule has 0 radical (unpaired) electrons. The van der Waals surface area contributed by atoms with Gasteiger partial charge in [-0.15, -0.1) is 10.2 Å². The molecule has 2 N–H and O–H groups in total. The van der Waals surface area contributed by atoms with Gasteiger partial charge in [0.05, 0.1) is 0 Å². The van der Waals surface area contributed by atoms with E-state index in [9.17, 15) is 8.78 Å². The van der Waals surface area contributed by atoms with Gasteiger partial charge in [0.15, 0.2) is 5.82 Å². The van der Waals surface area contributed by atoms with E-state index >= 15 is 0 Å². The van der Waals surface area contributed by atoms with E-state index in [0.29, 0.717) is 16.7 Å². The number of ether oxygens (including phenoxy) is 1. The lowest BCUT2D eigenvalue weighted by atomic mass is 10.2. The summed E-state index contributed by atoms with van der Waals surface area (Å²) < 4.78 is 32.8. The van der Waals surface area contributed by atoms with Gasteiger partial charge in [-0.3, -0.25) is 0 Å². The molecule has 0 amide bonds. The highest BCUT2D eigenvalue weighted by Crippen LogP contribution is 2.33. The molecule has 0 saturated carbocycles. The first-order valence-corrected chi connectivity index (χ1v) is 8.41. The number of hydrogen-bond acceptors (Lipinski definition) is 5. The molecule has 0 bridgehead atoms. The summed E-state index contributed by atoms with van der Waals surface area (Å²) in [6.45, 7) is 2.09. The zero-order valence-corrected chi connectivity index (χ0v) is 14.2. The number of benzene rings is 2. The smallest absolute Gasteiger partial charge is 0.210 e. The van der Waals surface area contributed by atoms with Gasteiger partial charge in [0.1, 0.15) is 24.0 Å². The van der Waals surface area contributed by atoms with E-state index in [2.05, 4.69) is 10.2 Å². The minimum absolute atomic E-state index is 0.0259. The van der Waals surface area contributed by atoms with Crippen LogP contribution in [0.3, 0.4) is 0 Å². The molecule has 130 valence electrons. The van der Waals surface area contributed by atoms with Gasteiger partial charge in [-0.25, -0.2) is 13.5 Å². The lowest BCUT2D eigenvalue weighted by molar-refractivity contribution is 0.291. The topological polar surface area (TPSA) is 66.0 Å². The van der Waals surface area contributed by atoms with Crippen LogP contribution in [-0.4, -0.2) is 14.9 Å². The Hall–Kier alpha value is -2.61. The van der Waals surface area contributed by atoms with Crippen LogP contribution < -0.4 is 10.6 Å². The number of nitrogen functional groups attached to an aromatic ring is 1. The number of nitrogens with zero attached hydrogens (tertiary/aromatic N) is 3. The molecule has 8 heteroatoms. The van der Waals surface area contributed by atoms with Gasteiger partial charge in [-0.1, -0.05) is 23.9 Å². The highest BCUT2D eigenvalue weighted by molar-refractivity contribution is 7.99. The second-order valence-corrected chi connectivity index (χ2v) is 6.63. The van der Waals surface area contributed by atoms with Crippen molar-refractivity contribution in [1.29, 1.82) is 0 Å². The Labute approximate surface area is 147 Å². The molecule has 1 aromatic heterocycles. The minimum atomic E-state index is -0.331. The van der Waals surface area contributed by atoms with Crippen molar-refractivity contribution < 1.29 is 13.5 Å². The van der Waals surface area contributed by atoms with Crippen LogP contribution in [0.25, 0.3) is 0 Å². The Morgan fingerprint density at radius 2 is 1.64 bits per heavy atom. The highest BCUT2D eigenvalue weighted by Gasteiger charge is 2.15. The predicted molar refractivity (Wildman–Crippen MR) is 91.6 cm³/mol. The summed E-state index contributed by atoms with van der Waals surface area (Å²) in [7, 11) is 0. The van der Waals surface area contributed by atoms with E-state index in [0.717, 1.165) is 5.56 Å². The number of hydrogen-bond donors (Lipinski definition) is 1. The van der Waals surface area contributed by atoms with Crippen LogP contribution in [0.2, 0.25) is 0 Å². The molecule has 1 heterocycles. The number of thioether (sulfide) groups is 1. The maximum absolute atomic E-state index is 13.0. The second-order valence-electron chi connectivity index (χ2n) is 5.32. The first kappa shape index (κ1) is 17.2. The third-order valence-corrected chi connectivity index (χ3v) is 4.65. The zero-order valence-electron chi connectivity index (χ0n) is 13.4. The van der Waals surface area contributed by atoms with Crippen molar-refractivity contribution in [1.82, 2.24) is 14.9 Å². The normalized spacial score (nSPS) is 12.1. The first-order valence-electron chi connectivity index (χ1n) is 7.53. The summed E-state index contributed by atoms with van der Waals surface area (Å²) in [5.41, 5.74) is 0.957. The fourth-order valence-electron chi connectivity index (χ4n) is 2.12. The first-order chi connectivity index (χ1) is 12.0. The Kier molecular flexibility index (Phi) is 5.18. The molecular formula is C17H16F2N4OS. The average molecular weight is 362 g/mol. The van der Waals surface area contributed by atoms with Gasteiger partial charge in [-0.2, -0.15) is 0 Å². The molecule has 0 fully saturated rings. The Balaban J connectivity index is 1.64. The van der Waals surface area contributed by atoms with Crippen LogP contribution in [-0.2, 0) is 6.61 Å². The molecule has 5 nitrogen and oxygen atoms in total. The minimum Gasteiger partial charge on any atom is -0.486 e. The van der Waals surface area contributed by atoms with E-state index in [1.165, 1.54) is 52.8 Å². The molecule has 3 aromatic rings. The molecule has 0 saturated heterocycles. The van der Waals surface area contributed by atoms with Gasteiger partial charge >= 0.3 is 0 Å². The van der Waals surface area contributed by atoms with E-state index in [1.807, 2.05) is 6.92 Å². The van der Waals surface area contributed by atoms with E-state index < -0.39 is 0 Å². The average Bonchev–Trinajstić information content (AvgIpc) is 2.95. The molecule has 1 atom stereocenters. The second kappa shape index (κ2) is 7.52. The Bertz CT molecular complexity index is 837. The van der Waals surface area contributed by atoms with Crippen molar-refractivity contribution in [2.45, 2.75) is 23.9 Å². The van der Waals surface area contributed by atoms with Crippen molar-refractivity contribution in [3.05, 3.63) is 71.6 Å². The molecule has 0 aliphatic heterocycles. The van der Waals surface area contributed by atoms with E-state index in [1.54, 1.807) is 12.1 Å². The zero-order chi connectivity index (χ0) is 17.8. The van der Waals surface area contributed by atoms with Crippen LogP contribution in [0.4, 0.5) is 8.78 Å². The standard InChI is InChI=1S/C17H16F2N4OS/c1-11(12-2-4-13(18)5-3-12)25-17-22-21-16(23(17)20)10-24-15-8-6-14(19)7-9-15/h2-9,11H,10,20H2,1H3. The van der Waals surface area contributed by atoms with Crippen molar-refractivity contribution in [3.8, 4) is 5.75 Å². The largest absolute Gasteiger partial charge is 0.486 e.